The minimum Gasteiger partial charge on any atom is -0.351 e. The highest BCUT2D eigenvalue weighted by atomic mass is 16.2. The van der Waals surface area contributed by atoms with Gasteiger partial charge in [-0.3, -0.25) is 9.59 Å². The summed E-state index contributed by atoms with van der Waals surface area (Å²) in [7, 11) is 0. The molecule has 1 aliphatic heterocycles. The van der Waals surface area contributed by atoms with E-state index in [1.807, 2.05) is 18.4 Å². The van der Waals surface area contributed by atoms with Crippen molar-refractivity contribution in [2.45, 2.75) is 78.3 Å². The minimum atomic E-state index is -0.183. The Morgan fingerprint density at radius 1 is 1.21 bits per heavy atom. The van der Waals surface area contributed by atoms with Crippen LogP contribution in [0.4, 0.5) is 0 Å². The van der Waals surface area contributed by atoms with Crippen LogP contribution in [0.25, 0.3) is 0 Å². The second kappa shape index (κ2) is 8.85. The van der Waals surface area contributed by atoms with Gasteiger partial charge in [0.25, 0.3) is 11.8 Å². The average molecular weight is 334 g/mol. The number of fused-ring (bicyclic) bond motifs is 1. The molecule has 1 unspecified atom stereocenters. The molecule has 2 heterocycles. The van der Waals surface area contributed by atoms with Gasteiger partial charge in [0.2, 0.25) is 0 Å². The molecule has 2 N–H and O–H groups in total. The lowest BCUT2D eigenvalue weighted by molar-refractivity contribution is 0.0923. The van der Waals surface area contributed by atoms with E-state index in [0.29, 0.717) is 18.1 Å². The second-order valence-corrected chi connectivity index (χ2v) is 6.59. The molecule has 1 aromatic heterocycles. The van der Waals surface area contributed by atoms with Crippen LogP contribution in [0.2, 0.25) is 0 Å². The topological polar surface area (TPSA) is 76.0 Å². The molecule has 2 rings (SSSR count). The molecule has 0 fully saturated rings. The van der Waals surface area contributed by atoms with Crippen molar-refractivity contribution < 1.29 is 9.59 Å². The number of imidazole rings is 1. The average Bonchev–Trinajstić information content (AvgIpc) is 2.98. The van der Waals surface area contributed by atoms with Gasteiger partial charge in [-0.25, -0.2) is 4.98 Å². The van der Waals surface area contributed by atoms with Gasteiger partial charge in [-0.2, -0.15) is 0 Å². The normalized spacial score (nSPS) is 14.8. The summed E-state index contributed by atoms with van der Waals surface area (Å²) in [4.78, 5) is 29.4. The Morgan fingerprint density at radius 2 is 2.00 bits per heavy atom. The van der Waals surface area contributed by atoms with Gasteiger partial charge < -0.3 is 15.2 Å². The highest BCUT2D eigenvalue weighted by Gasteiger charge is 2.27. The zero-order chi connectivity index (χ0) is 17.5. The monoisotopic (exact) mass is 334 g/mol. The van der Waals surface area contributed by atoms with Crippen molar-refractivity contribution in [2.24, 2.45) is 0 Å². The van der Waals surface area contributed by atoms with Crippen LogP contribution in [0.1, 0.15) is 86.1 Å². The van der Waals surface area contributed by atoms with Crippen LogP contribution in [0.15, 0.2) is 0 Å². The number of hydrogen-bond donors (Lipinski definition) is 2. The van der Waals surface area contributed by atoms with E-state index < -0.39 is 0 Å². The Morgan fingerprint density at radius 3 is 2.71 bits per heavy atom. The number of carbonyl (C=O) groups is 2. The lowest BCUT2D eigenvalue weighted by Crippen LogP contribution is -2.34. The molecule has 0 saturated heterocycles. The molecule has 1 aromatic rings. The number of unbranched alkanes of at least 4 members (excludes halogenated alkanes) is 2. The maximum atomic E-state index is 12.5. The Kier molecular flexibility index (Phi) is 6.82. The first-order chi connectivity index (χ1) is 11.6. The van der Waals surface area contributed by atoms with Gasteiger partial charge in [0.05, 0.1) is 5.69 Å². The summed E-state index contributed by atoms with van der Waals surface area (Å²) >= 11 is 0. The summed E-state index contributed by atoms with van der Waals surface area (Å²) in [5.41, 5.74) is 1.34. The molecule has 24 heavy (non-hydrogen) atoms. The Hall–Kier alpha value is -1.85. The van der Waals surface area contributed by atoms with E-state index in [9.17, 15) is 9.59 Å². The number of nitrogens with zero attached hydrogens (tertiary/aromatic N) is 2. The second-order valence-electron chi connectivity index (χ2n) is 6.59. The van der Waals surface area contributed by atoms with Crippen LogP contribution < -0.4 is 10.6 Å². The van der Waals surface area contributed by atoms with E-state index in [-0.39, 0.29) is 17.9 Å². The van der Waals surface area contributed by atoms with Gasteiger partial charge in [-0.05, 0) is 39.0 Å². The predicted molar refractivity (Wildman–Crippen MR) is 94.2 cm³/mol. The smallest absolute Gasteiger partial charge is 0.287 e. The van der Waals surface area contributed by atoms with Gasteiger partial charge in [0.15, 0.2) is 5.82 Å². The van der Waals surface area contributed by atoms with E-state index in [0.717, 1.165) is 57.2 Å². The lowest BCUT2D eigenvalue weighted by atomic mass is 10.1. The van der Waals surface area contributed by atoms with E-state index in [1.54, 1.807) is 0 Å². The predicted octanol–water partition coefficient (Wildman–Crippen LogP) is 2.67. The van der Waals surface area contributed by atoms with E-state index in [1.165, 1.54) is 0 Å². The summed E-state index contributed by atoms with van der Waals surface area (Å²) in [5, 5.41) is 5.90. The number of rotatable bonds is 8. The SMILES string of the molecule is CCCCCNC(=O)c1nc(C(=O)NC(C)CC)n2c1CCCC2. The van der Waals surface area contributed by atoms with Crippen LogP contribution in [0, 0.1) is 0 Å². The number of carbonyl (C=O) groups excluding carboxylic acids is 2. The Labute approximate surface area is 144 Å². The molecule has 6 nitrogen and oxygen atoms in total. The van der Waals surface area contributed by atoms with Gasteiger partial charge in [0.1, 0.15) is 5.69 Å². The van der Waals surface area contributed by atoms with Crippen molar-refractivity contribution in [1.82, 2.24) is 20.2 Å². The molecule has 2 amide bonds. The van der Waals surface area contributed by atoms with Crippen molar-refractivity contribution in [3.63, 3.8) is 0 Å². The Balaban J connectivity index is 2.17. The van der Waals surface area contributed by atoms with Crippen molar-refractivity contribution >= 4 is 11.8 Å². The number of amides is 2. The van der Waals surface area contributed by atoms with Crippen LogP contribution >= 0.6 is 0 Å². The number of hydrogen-bond acceptors (Lipinski definition) is 3. The molecule has 0 radical (unpaired) electrons. The van der Waals surface area contributed by atoms with Crippen molar-refractivity contribution in [2.75, 3.05) is 6.54 Å². The summed E-state index contributed by atoms with van der Waals surface area (Å²) in [5.74, 6) is 0.0422. The van der Waals surface area contributed by atoms with Crippen LogP contribution in [0.5, 0.6) is 0 Å². The molecule has 0 saturated carbocycles. The molecule has 0 aliphatic carbocycles. The Bertz CT molecular complexity index is 580. The molecule has 1 atom stereocenters. The molecular formula is C18H30N4O2. The molecule has 6 heteroatoms. The summed E-state index contributed by atoms with van der Waals surface area (Å²) in [6.07, 6.45) is 6.92. The van der Waals surface area contributed by atoms with Gasteiger partial charge in [-0.15, -0.1) is 0 Å². The first kappa shape index (κ1) is 18.5. The minimum absolute atomic E-state index is 0.0976. The molecule has 0 bridgehead atoms. The maximum absolute atomic E-state index is 12.5. The zero-order valence-corrected chi connectivity index (χ0v) is 15.2. The quantitative estimate of drug-likeness (QED) is 0.718. The molecule has 0 spiro atoms. The first-order valence-electron chi connectivity index (χ1n) is 9.26. The molecule has 0 aromatic carbocycles. The van der Waals surface area contributed by atoms with E-state index in [4.69, 9.17) is 0 Å². The summed E-state index contributed by atoms with van der Waals surface area (Å²) in [6.45, 7) is 7.55. The third-order valence-corrected chi connectivity index (χ3v) is 4.59. The summed E-state index contributed by atoms with van der Waals surface area (Å²) in [6, 6.07) is 0.0976. The standard InChI is InChI=1S/C18H30N4O2/c1-4-6-8-11-19-17(23)15-14-10-7-9-12-22(14)16(21-15)18(24)20-13(3)5-2/h13H,4-12H2,1-3H3,(H,19,23)(H,20,24). The largest absolute Gasteiger partial charge is 0.351 e. The fourth-order valence-electron chi connectivity index (χ4n) is 2.95. The van der Waals surface area contributed by atoms with Gasteiger partial charge in [-0.1, -0.05) is 26.7 Å². The van der Waals surface area contributed by atoms with Crippen LogP contribution in [-0.4, -0.2) is 34.0 Å². The highest BCUT2D eigenvalue weighted by Crippen LogP contribution is 2.21. The van der Waals surface area contributed by atoms with E-state index >= 15 is 0 Å². The van der Waals surface area contributed by atoms with Crippen molar-refractivity contribution in [1.29, 1.82) is 0 Å². The van der Waals surface area contributed by atoms with Crippen molar-refractivity contribution in [3.8, 4) is 0 Å². The zero-order valence-electron chi connectivity index (χ0n) is 15.2. The third-order valence-electron chi connectivity index (χ3n) is 4.59. The lowest BCUT2D eigenvalue weighted by Gasteiger charge is -2.18. The summed E-state index contributed by atoms with van der Waals surface area (Å²) < 4.78 is 1.93. The molecule has 1 aliphatic rings. The number of nitrogens with one attached hydrogen (secondary N) is 2. The third kappa shape index (κ3) is 4.36. The first-order valence-corrected chi connectivity index (χ1v) is 9.26. The molecule has 134 valence electrons. The highest BCUT2D eigenvalue weighted by molar-refractivity contribution is 5.97. The van der Waals surface area contributed by atoms with E-state index in [2.05, 4.69) is 22.5 Å². The van der Waals surface area contributed by atoms with Gasteiger partial charge >= 0.3 is 0 Å². The fourth-order valence-corrected chi connectivity index (χ4v) is 2.95. The van der Waals surface area contributed by atoms with Gasteiger partial charge in [0, 0.05) is 19.1 Å². The fraction of sp³-hybridized carbons (Fsp3) is 0.722. The maximum Gasteiger partial charge on any atom is 0.287 e. The molecular weight excluding hydrogens is 304 g/mol. The van der Waals surface area contributed by atoms with Crippen LogP contribution in [-0.2, 0) is 13.0 Å². The number of aromatic nitrogens is 2. The van der Waals surface area contributed by atoms with Crippen molar-refractivity contribution in [3.05, 3.63) is 17.2 Å². The van der Waals surface area contributed by atoms with Crippen LogP contribution in [0.3, 0.4) is 0 Å².